The van der Waals surface area contributed by atoms with Gasteiger partial charge >= 0.3 is 5.97 Å². The number of aromatic amines is 1. The highest BCUT2D eigenvalue weighted by Gasteiger charge is 2.13. The lowest BCUT2D eigenvalue weighted by atomic mass is 10.1. The Morgan fingerprint density at radius 3 is 2.76 bits per heavy atom. The Bertz CT molecular complexity index is 849. The van der Waals surface area contributed by atoms with E-state index < -0.39 is 5.97 Å². The number of rotatable bonds is 3. The van der Waals surface area contributed by atoms with E-state index in [0.717, 1.165) is 5.56 Å². The molecule has 0 radical (unpaired) electrons. The predicted octanol–water partition coefficient (Wildman–Crippen LogP) is 1.87. The SMILES string of the molecule is CCOC(=O)c1cc2nc(-c3ccccc3)cc(=O)n2[nH]1. The average molecular weight is 283 g/mol. The summed E-state index contributed by atoms with van der Waals surface area (Å²) in [4.78, 5) is 28.2. The Morgan fingerprint density at radius 2 is 2.05 bits per heavy atom. The van der Waals surface area contributed by atoms with Crippen LogP contribution in [0.25, 0.3) is 16.9 Å². The second kappa shape index (κ2) is 5.24. The molecule has 0 bridgehead atoms. The van der Waals surface area contributed by atoms with Crippen LogP contribution in [0, 0.1) is 0 Å². The van der Waals surface area contributed by atoms with E-state index in [2.05, 4.69) is 10.1 Å². The summed E-state index contributed by atoms with van der Waals surface area (Å²) in [6.07, 6.45) is 0. The number of benzene rings is 1. The molecule has 106 valence electrons. The number of hydrogen-bond donors (Lipinski definition) is 1. The molecule has 0 spiro atoms. The monoisotopic (exact) mass is 283 g/mol. The largest absolute Gasteiger partial charge is 0.461 e. The maximum atomic E-state index is 12.1. The number of carbonyl (C=O) groups excluding carboxylic acids is 1. The van der Waals surface area contributed by atoms with Gasteiger partial charge in [0.1, 0.15) is 5.69 Å². The van der Waals surface area contributed by atoms with Gasteiger partial charge in [-0.05, 0) is 6.92 Å². The van der Waals surface area contributed by atoms with Crippen LogP contribution in [0.3, 0.4) is 0 Å². The second-order valence-electron chi connectivity index (χ2n) is 4.43. The summed E-state index contributed by atoms with van der Waals surface area (Å²) in [5.74, 6) is -0.510. The van der Waals surface area contributed by atoms with E-state index in [9.17, 15) is 9.59 Å². The Labute approximate surface area is 120 Å². The third-order valence-electron chi connectivity index (χ3n) is 3.02. The van der Waals surface area contributed by atoms with Gasteiger partial charge in [-0.2, -0.15) is 0 Å². The first kappa shape index (κ1) is 13.1. The van der Waals surface area contributed by atoms with Crippen molar-refractivity contribution >= 4 is 11.6 Å². The number of esters is 1. The summed E-state index contributed by atoms with van der Waals surface area (Å²) >= 11 is 0. The van der Waals surface area contributed by atoms with Crippen molar-refractivity contribution in [2.75, 3.05) is 6.61 Å². The summed E-state index contributed by atoms with van der Waals surface area (Å²) in [5, 5.41) is 2.69. The zero-order valence-electron chi connectivity index (χ0n) is 11.4. The quantitative estimate of drug-likeness (QED) is 0.744. The van der Waals surface area contributed by atoms with E-state index in [1.54, 1.807) is 6.92 Å². The molecule has 3 rings (SSSR count). The highest BCUT2D eigenvalue weighted by atomic mass is 16.5. The fraction of sp³-hybridized carbons (Fsp3) is 0.133. The maximum absolute atomic E-state index is 12.1. The number of H-pyrrole nitrogens is 1. The van der Waals surface area contributed by atoms with Crippen molar-refractivity contribution in [1.82, 2.24) is 14.6 Å². The minimum Gasteiger partial charge on any atom is -0.461 e. The van der Waals surface area contributed by atoms with Gasteiger partial charge < -0.3 is 4.74 Å². The number of aromatic nitrogens is 3. The number of nitrogens with zero attached hydrogens (tertiary/aromatic N) is 2. The fourth-order valence-electron chi connectivity index (χ4n) is 2.06. The molecule has 1 aromatic carbocycles. The highest BCUT2D eigenvalue weighted by Crippen LogP contribution is 2.15. The molecule has 0 amide bonds. The highest BCUT2D eigenvalue weighted by molar-refractivity contribution is 5.88. The number of carbonyl (C=O) groups is 1. The zero-order chi connectivity index (χ0) is 14.8. The normalized spacial score (nSPS) is 10.7. The van der Waals surface area contributed by atoms with E-state index in [-0.39, 0.29) is 17.9 Å². The third-order valence-corrected chi connectivity index (χ3v) is 3.02. The van der Waals surface area contributed by atoms with Crippen LogP contribution in [0.5, 0.6) is 0 Å². The first-order valence-electron chi connectivity index (χ1n) is 6.54. The lowest BCUT2D eigenvalue weighted by Gasteiger charge is -2.00. The molecule has 0 atom stereocenters. The summed E-state index contributed by atoms with van der Waals surface area (Å²) in [6, 6.07) is 12.3. The maximum Gasteiger partial charge on any atom is 0.356 e. The summed E-state index contributed by atoms with van der Waals surface area (Å²) in [5.41, 5.74) is 1.71. The molecule has 2 heterocycles. The Balaban J connectivity index is 2.12. The van der Waals surface area contributed by atoms with Crippen LogP contribution >= 0.6 is 0 Å². The van der Waals surface area contributed by atoms with Crippen LogP contribution in [0.1, 0.15) is 17.4 Å². The Hall–Kier alpha value is -2.89. The van der Waals surface area contributed by atoms with Crippen LogP contribution in [0.2, 0.25) is 0 Å². The van der Waals surface area contributed by atoms with E-state index in [1.165, 1.54) is 16.6 Å². The second-order valence-corrected chi connectivity index (χ2v) is 4.43. The van der Waals surface area contributed by atoms with Crippen LogP contribution in [0.15, 0.2) is 47.3 Å². The van der Waals surface area contributed by atoms with Crippen LogP contribution < -0.4 is 5.56 Å². The number of fused-ring (bicyclic) bond motifs is 1. The van der Waals surface area contributed by atoms with Gasteiger partial charge in [0.15, 0.2) is 5.65 Å². The lowest BCUT2D eigenvalue weighted by Crippen LogP contribution is -2.15. The predicted molar refractivity (Wildman–Crippen MR) is 77.2 cm³/mol. The molecule has 6 nitrogen and oxygen atoms in total. The number of hydrogen-bond acceptors (Lipinski definition) is 4. The van der Waals surface area contributed by atoms with Gasteiger partial charge in [-0.1, -0.05) is 30.3 Å². The molecular formula is C15H13N3O3. The molecule has 0 aliphatic heterocycles. The zero-order valence-corrected chi connectivity index (χ0v) is 11.4. The van der Waals surface area contributed by atoms with Crippen molar-refractivity contribution in [3.8, 4) is 11.3 Å². The van der Waals surface area contributed by atoms with Crippen LogP contribution in [-0.2, 0) is 4.74 Å². The molecule has 0 unspecified atom stereocenters. The van der Waals surface area contributed by atoms with E-state index >= 15 is 0 Å². The van der Waals surface area contributed by atoms with Gasteiger partial charge in [0, 0.05) is 17.7 Å². The van der Waals surface area contributed by atoms with Crippen LogP contribution in [-0.4, -0.2) is 27.2 Å². The average Bonchev–Trinajstić information content (AvgIpc) is 2.93. The molecule has 3 aromatic rings. The van der Waals surface area contributed by atoms with Gasteiger partial charge in [-0.15, -0.1) is 0 Å². The molecule has 0 aliphatic rings. The van der Waals surface area contributed by atoms with Gasteiger partial charge in [0.2, 0.25) is 0 Å². The van der Waals surface area contributed by atoms with E-state index in [0.29, 0.717) is 11.3 Å². The van der Waals surface area contributed by atoms with E-state index in [4.69, 9.17) is 4.74 Å². The van der Waals surface area contributed by atoms with Crippen LogP contribution in [0.4, 0.5) is 0 Å². The van der Waals surface area contributed by atoms with Gasteiger partial charge in [0.05, 0.1) is 12.3 Å². The van der Waals surface area contributed by atoms with Gasteiger partial charge in [-0.3, -0.25) is 9.89 Å². The van der Waals surface area contributed by atoms with E-state index in [1.807, 2.05) is 30.3 Å². The lowest BCUT2D eigenvalue weighted by molar-refractivity contribution is 0.0519. The molecule has 21 heavy (non-hydrogen) atoms. The molecule has 0 fully saturated rings. The summed E-state index contributed by atoms with van der Waals surface area (Å²) in [7, 11) is 0. The van der Waals surface area contributed by atoms with Crippen molar-refractivity contribution in [2.24, 2.45) is 0 Å². The third kappa shape index (κ3) is 2.43. The van der Waals surface area contributed by atoms with Crippen molar-refractivity contribution in [1.29, 1.82) is 0 Å². The summed E-state index contributed by atoms with van der Waals surface area (Å²) in [6.45, 7) is 1.99. The molecule has 6 heteroatoms. The first-order chi connectivity index (χ1) is 10.2. The molecular weight excluding hydrogens is 270 g/mol. The molecule has 0 saturated heterocycles. The summed E-state index contributed by atoms with van der Waals surface area (Å²) < 4.78 is 6.12. The topological polar surface area (TPSA) is 76.5 Å². The molecule has 0 saturated carbocycles. The van der Waals surface area contributed by atoms with Crippen molar-refractivity contribution in [2.45, 2.75) is 6.92 Å². The Morgan fingerprint density at radius 1 is 1.29 bits per heavy atom. The van der Waals surface area contributed by atoms with Crippen molar-refractivity contribution < 1.29 is 9.53 Å². The van der Waals surface area contributed by atoms with Gasteiger partial charge in [-0.25, -0.2) is 14.3 Å². The number of nitrogens with one attached hydrogen (secondary N) is 1. The molecule has 2 aromatic heterocycles. The molecule has 0 aliphatic carbocycles. The molecule has 1 N–H and O–H groups in total. The van der Waals surface area contributed by atoms with Crippen molar-refractivity contribution in [3.63, 3.8) is 0 Å². The minimum absolute atomic E-state index is 0.201. The number of ether oxygens (including phenoxy) is 1. The fourth-order valence-corrected chi connectivity index (χ4v) is 2.06. The van der Waals surface area contributed by atoms with Crippen molar-refractivity contribution in [3.05, 3.63) is 58.5 Å². The Kier molecular flexibility index (Phi) is 3.27. The first-order valence-corrected chi connectivity index (χ1v) is 6.54. The van der Waals surface area contributed by atoms with Gasteiger partial charge in [0.25, 0.3) is 5.56 Å². The minimum atomic E-state index is -0.510. The smallest absolute Gasteiger partial charge is 0.356 e. The standard InChI is InChI=1S/C15H13N3O3/c1-2-21-15(20)12-8-13-16-11(9-14(19)18(13)17-12)10-6-4-3-5-7-10/h3-9,17H,2H2,1H3.